The summed E-state index contributed by atoms with van der Waals surface area (Å²) in [6.07, 6.45) is 5.73. The monoisotopic (exact) mass is 310 g/mol. The fourth-order valence-electron chi connectivity index (χ4n) is 3.15. The molecule has 1 aromatic carbocycles. The van der Waals surface area contributed by atoms with Crippen LogP contribution in [0.5, 0.6) is 0 Å². The number of nitrogens with zero attached hydrogens (tertiary/aromatic N) is 3. The minimum atomic E-state index is 0.738. The van der Waals surface area contributed by atoms with Gasteiger partial charge in [0.25, 0.3) is 0 Å². The lowest BCUT2D eigenvalue weighted by atomic mass is 9.94. The fraction of sp³-hybridized carbons (Fsp3) is 0.474. The van der Waals surface area contributed by atoms with E-state index in [2.05, 4.69) is 41.3 Å². The summed E-state index contributed by atoms with van der Waals surface area (Å²) >= 11 is 0. The van der Waals surface area contributed by atoms with Crippen LogP contribution < -0.4 is 5.32 Å². The van der Waals surface area contributed by atoms with E-state index in [9.17, 15) is 0 Å². The molecule has 1 saturated heterocycles. The first kappa shape index (κ1) is 15.9. The highest BCUT2D eigenvalue weighted by atomic mass is 15.1. The van der Waals surface area contributed by atoms with Crippen molar-refractivity contribution in [3.05, 3.63) is 42.1 Å². The van der Waals surface area contributed by atoms with Crippen LogP contribution in [0.1, 0.15) is 24.8 Å². The van der Waals surface area contributed by atoms with Gasteiger partial charge in [-0.1, -0.05) is 30.3 Å². The van der Waals surface area contributed by atoms with E-state index in [1.807, 2.05) is 24.4 Å². The van der Waals surface area contributed by atoms with E-state index in [-0.39, 0.29) is 0 Å². The van der Waals surface area contributed by atoms with Crippen LogP contribution in [-0.4, -0.2) is 41.5 Å². The van der Waals surface area contributed by atoms with Gasteiger partial charge < -0.3 is 10.2 Å². The largest absolute Gasteiger partial charge is 0.354 e. The summed E-state index contributed by atoms with van der Waals surface area (Å²) in [4.78, 5) is 11.6. The van der Waals surface area contributed by atoms with Crippen LogP contribution in [0, 0.1) is 12.8 Å². The summed E-state index contributed by atoms with van der Waals surface area (Å²) in [5, 5.41) is 3.40. The Labute approximate surface area is 139 Å². The molecule has 1 aliphatic rings. The molecule has 2 heterocycles. The van der Waals surface area contributed by atoms with Gasteiger partial charge in [-0.3, -0.25) is 0 Å². The van der Waals surface area contributed by atoms with Gasteiger partial charge in [-0.2, -0.15) is 0 Å². The van der Waals surface area contributed by atoms with E-state index in [0.29, 0.717) is 0 Å². The summed E-state index contributed by atoms with van der Waals surface area (Å²) < 4.78 is 0. The molecule has 0 bridgehead atoms. The van der Waals surface area contributed by atoms with E-state index in [4.69, 9.17) is 4.98 Å². The third kappa shape index (κ3) is 4.29. The van der Waals surface area contributed by atoms with Gasteiger partial charge in [0.1, 0.15) is 0 Å². The van der Waals surface area contributed by atoms with E-state index in [0.717, 1.165) is 35.2 Å². The molecule has 1 fully saturated rings. The first-order chi connectivity index (χ1) is 11.2. The lowest BCUT2D eigenvalue weighted by Gasteiger charge is -2.28. The zero-order chi connectivity index (χ0) is 16.1. The van der Waals surface area contributed by atoms with Crippen LogP contribution in [0.25, 0.3) is 11.3 Å². The predicted octanol–water partition coefficient (Wildman–Crippen LogP) is 3.60. The molecular weight excluding hydrogens is 284 g/mol. The van der Waals surface area contributed by atoms with Crippen LogP contribution in [-0.2, 0) is 0 Å². The maximum absolute atomic E-state index is 4.71. The molecule has 3 rings (SSSR count). The average molecular weight is 310 g/mol. The molecule has 0 amide bonds. The van der Waals surface area contributed by atoms with Crippen molar-refractivity contribution in [3.63, 3.8) is 0 Å². The molecule has 4 heteroatoms. The zero-order valence-corrected chi connectivity index (χ0v) is 14.1. The topological polar surface area (TPSA) is 41.1 Å². The van der Waals surface area contributed by atoms with Crippen LogP contribution in [0.15, 0.2) is 36.5 Å². The van der Waals surface area contributed by atoms with E-state index in [1.54, 1.807) is 0 Å². The van der Waals surface area contributed by atoms with Gasteiger partial charge in [0.15, 0.2) is 0 Å². The summed E-state index contributed by atoms with van der Waals surface area (Å²) in [6.45, 7) is 5.46. The molecule has 1 N–H and O–H groups in total. The number of aryl methyl sites for hydroxylation is 1. The van der Waals surface area contributed by atoms with Crippen LogP contribution in [0.2, 0.25) is 0 Å². The van der Waals surface area contributed by atoms with Crippen LogP contribution in [0.4, 0.5) is 5.95 Å². The van der Waals surface area contributed by atoms with E-state index in [1.165, 1.54) is 32.4 Å². The fourth-order valence-corrected chi connectivity index (χ4v) is 3.15. The van der Waals surface area contributed by atoms with Crippen molar-refractivity contribution in [2.75, 3.05) is 32.0 Å². The molecule has 122 valence electrons. The second-order valence-electron chi connectivity index (χ2n) is 6.55. The number of piperidine rings is 1. The van der Waals surface area contributed by atoms with Gasteiger partial charge in [0, 0.05) is 18.3 Å². The quantitative estimate of drug-likeness (QED) is 0.916. The number of anilines is 1. The maximum atomic E-state index is 4.71. The molecule has 0 radical (unpaired) electrons. The van der Waals surface area contributed by atoms with E-state index < -0.39 is 0 Å². The zero-order valence-electron chi connectivity index (χ0n) is 14.1. The Hall–Kier alpha value is -1.94. The Morgan fingerprint density at radius 2 is 1.91 bits per heavy atom. The molecule has 2 aromatic rings. The normalized spacial score (nSPS) is 16.4. The van der Waals surface area contributed by atoms with E-state index >= 15 is 0 Å². The van der Waals surface area contributed by atoms with Crippen molar-refractivity contribution in [1.82, 2.24) is 14.9 Å². The van der Waals surface area contributed by atoms with Crippen LogP contribution >= 0.6 is 0 Å². The Balaban J connectivity index is 1.58. The third-order valence-corrected chi connectivity index (χ3v) is 4.69. The molecule has 0 saturated carbocycles. The standard InChI is InChI=1S/C19H26N4/c1-15-14-21-19(22-18(15)17-6-4-3-5-7-17)20-11-8-16-9-12-23(2)13-10-16/h3-7,14,16H,8-13H2,1-2H3,(H,20,21,22). The molecule has 1 aliphatic heterocycles. The predicted molar refractivity (Wildman–Crippen MR) is 95.5 cm³/mol. The maximum Gasteiger partial charge on any atom is 0.223 e. The number of rotatable bonds is 5. The Bertz CT molecular complexity index is 619. The van der Waals surface area contributed by atoms with Crippen molar-refractivity contribution >= 4 is 5.95 Å². The van der Waals surface area contributed by atoms with Gasteiger partial charge in [0.05, 0.1) is 5.69 Å². The SMILES string of the molecule is Cc1cnc(NCCC2CCN(C)CC2)nc1-c1ccccc1. The van der Waals surface area contributed by atoms with Gasteiger partial charge in [-0.05, 0) is 57.8 Å². The molecule has 0 unspecified atom stereocenters. The second-order valence-corrected chi connectivity index (χ2v) is 6.55. The third-order valence-electron chi connectivity index (χ3n) is 4.69. The van der Waals surface area contributed by atoms with Gasteiger partial charge in [0.2, 0.25) is 5.95 Å². The van der Waals surface area contributed by atoms with Gasteiger partial charge in [-0.15, -0.1) is 0 Å². The van der Waals surface area contributed by atoms with Crippen molar-refractivity contribution in [3.8, 4) is 11.3 Å². The number of benzene rings is 1. The highest BCUT2D eigenvalue weighted by Crippen LogP contribution is 2.22. The van der Waals surface area contributed by atoms with Gasteiger partial charge >= 0.3 is 0 Å². The molecule has 0 atom stereocenters. The summed E-state index contributed by atoms with van der Waals surface area (Å²) in [5.74, 6) is 1.57. The highest BCUT2D eigenvalue weighted by molar-refractivity contribution is 5.63. The molecular formula is C19H26N4. The lowest BCUT2D eigenvalue weighted by Crippen LogP contribution is -2.30. The first-order valence-electron chi connectivity index (χ1n) is 8.54. The molecule has 23 heavy (non-hydrogen) atoms. The number of likely N-dealkylation sites (tertiary alicyclic amines) is 1. The summed E-state index contributed by atoms with van der Waals surface area (Å²) in [6, 6.07) is 10.3. The molecule has 0 spiro atoms. The molecule has 0 aliphatic carbocycles. The van der Waals surface area contributed by atoms with Crippen molar-refractivity contribution in [2.45, 2.75) is 26.2 Å². The lowest BCUT2D eigenvalue weighted by molar-refractivity contribution is 0.215. The summed E-state index contributed by atoms with van der Waals surface area (Å²) in [7, 11) is 2.21. The first-order valence-corrected chi connectivity index (χ1v) is 8.54. The number of aromatic nitrogens is 2. The van der Waals surface area contributed by atoms with Crippen LogP contribution in [0.3, 0.4) is 0 Å². The Morgan fingerprint density at radius 1 is 1.17 bits per heavy atom. The Morgan fingerprint density at radius 3 is 2.65 bits per heavy atom. The Kier molecular flexibility index (Phi) is 5.23. The number of nitrogens with one attached hydrogen (secondary N) is 1. The van der Waals surface area contributed by atoms with Crippen molar-refractivity contribution < 1.29 is 0 Å². The summed E-state index contributed by atoms with van der Waals surface area (Å²) in [5.41, 5.74) is 3.27. The van der Waals surface area contributed by atoms with Crippen molar-refractivity contribution in [2.24, 2.45) is 5.92 Å². The highest BCUT2D eigenvalue weighted by Gasteiger charge is 2.16. The smallest absolute Gasteiger partial charge is 0.223 e. The minimum absolute atomic E-state index is 0.738. The number of hydrogen-bond donors (Lipinski definition) is 1. The molecule has 4 nitrogen and oxygen atoms in total. The molecule has 1 aromatic heterocycles. The van der Waals surface area contributed by atoms with Crippen molar-refractivity contribution in [1.29, 1.82) is 0 Å². The minimum Gasteiger partial charge on any atom is -0.354 e. The van der Waals surface area contributed by atoms with Gasteiger partial charge in [-0.25, -0.2) is 9.97 Å². The second kappa shape index (κ2) is 7.55. The number of hydrogen-bond acceptors (Lipinski definition) is 4. The average Bonchev–Trinajstić information content (AvgIpc) is 2.59.